The molecule has 4 nitrogen and oxygen atoms in total. The smallest absolute Gasteiger partial charge is 0.294 e. The lowest BCUT2D eigenvalue weighted by Gasteiger charge is -2.39. The fraction of sp³-hybridized carbons (Fsp3) is 0.238. The minimum Gasteiger partial charge on any atom is -0.496 e. The molecule has 1 spiro atoms. The van der Waals surface area contributed by atoms with Gasteiger partial charge in [-0.05, 0) is 42.8 Å². The minimum absolute atomic E-state index is 0.743. The Morgan fingerprint density at radius 2 is 1.48 bits per heavy atom. The van der Waals surface area contributed by atoms with Crippen molar-refractivity contribution in [1.82, 2.24) is 0 Å². The Balaban J connectivity index is 1.82. The molecule has 0 aliphatic carbocycles. The average Bonchev–Trinajstić information content (AvgIpc) is 2.66. The lowest BCUT2D eigenvalue weighted by molar-refractivity contribution is -0.0435. The van der Waals surface area contributed by atoms with Crippen LogP contribution in [0.15, 0.2) is 48.0 Å². The van der Waals surface area contributed by atoms with Gasteiger partial charge in [0.1, 0.15) is 23.0 Å². The van der Waals surface area contributed by atoms with E-state index in [0.29, 0.717) is 0 Å². The number of ether oxygens (including phenoxy) is 4. The van der Waals surface area contributed by atoms with Gasteiger partial charge in [0.2, 0.25) is 0 Å². The van der Waals surface area contributed by atoms with E-state index in [1.165, 1.54) is 0 Å². The van der Waals surface area contributed by atoms with Crippen molar-refractivity contribution in [3.63, 3.8) is 0 Å². The molecule has 0 saturated heterocycles. The highest BCUT2D eigenvalue weighted by atomic mass is 16.7. The Bertz CT molecular complexity index is 877. The molecule has 0 radical (unpaired) electrons. The van der Waals surface area contributed by atoms with Gasteiger partial charge in [0.15, 0.2) is 0 Å². The molecule has 1 atom stereocenters. The van der Waals surface area contributed by atoms with Crippen LogP contribution in [0.4, 0.5) is 0 Å². The van der Waals surface area contributed by atoms with E-state index in [9.17, 15) is 0 Å². The number of benzene rings is 2. The number of hydrogen-bond acceptors (Lipinski definition) is 4. The van der Waals surface area contributed by atoms with Crippen LogP contribution in [0.25, 0.3) is 12.2 Å². The predicted molar refractivity (Wildman–Crippen MR) is 97.3 cm³/mol. The van der Waals surface area contributed by atoms with Crippen LogP contribution in [0.5, 0.6) is 23.0 Å². The van der Waals surface area contributed by atoms with Crippen LogP contribution in [0.2, 0.25) is 0 Å². The van der Waals surface area contributed by atoms with Crippen molar-refractivity contribution in [1.29, 1.82) is 0 Å². The molecule has 0 amide bonds. The highest BCUT2D eigenvalue weighted by Gasteiger charge is 2.42. The third-order valence-electron chi connectivity index (χ3n) is 4.63. The average molecular weight is 336 g/mol. The zero-order valence-electron chi connectivity index (χ0n) is 14.5. The molecular weight excluding hydrogens is 316 g/mol. The standard InChI is InChI=1S/C21H20O4/c1-4-14-13-16-18(23-3)8-6-10-20(16)25-21(14)12-11-15-17(22-2)7-5-9-19(15)24-21/h5-13H,4H2,1-3H3. The van der Waals surface area contributed by atoms with Crippen molar-refractivity contribution in [3.8, 4) is 23.0 Å². The first-order valence-electron chi connectivity index (χ1n) is 8.33. The number of rotatable bonds is 3. The number of methoxy groups -OCH3 is 2. The maximum Gasteiger partial charge on any atom is 0.294 e. The van der Waals surface area contributed by atoms with Crippen LogP contribution in [-0.4, -0.2) is 20.0 Å². The van der Waals surface area contributed by atoms with E-state index in [0.717, 1.165) is 46.1 Å². The van der Waals surface area contributed by atoms with Crippen molar-refractivity contribution in [2.75, 3.05) is 14.2 Å². The second kappa shape index (κ2) is 5.88. The molecule has 2 aliphatic rings. The van der Waals surface area contributed by atoms with Crippen LogP contribution in [0.3, 0.4) is 0 Å². The SMILES string of the molecule is CCC1=Cc2c(OC)cccc2OC12C=Cc1c(OC)cccc1O2. The minimum atomic E-state index is -0.937. The summed E-state index contributed by atoms with van der Waals surface area (Å²) < 4.78 is 23.6. The molecule has 4 heteroatoms. The van der Waals surface area contributed by atoms with Crippen molar-refractivity contribution in [2.45, 2.75) is 19.1 Å². The summed E-state index contributed by atoms with van der Waals surface area (Å²) in [6, 6.07) is 11.5. The largest absolute Gasteiger partial charge is 0.496 e. The molecule has 2 heterocycles. The Kier molecular flexibility index (Phi) is 3.68. The molecular formula is C21H20O4. The summed E-state index contributed by atoms with van der Waals surface area (Å²) in [7, 11) is 3.32. The van der Waals surface area contributed by atoms with Crippen LogP contribution < -0.4 is 18.9 Å². The summed E-state index contributed by atoms with van der Waals surface area (Å²) in [5.74, 6) is 2.12. The first-order chi connectivity index (χ1) is 12.2. The molecule has 0 bridgehead atoms. The van der Waals surface area contributed by atoms with Crippen molar-refractivity contribution in [3.05, 3.63) is 59.2 Å². The Hall–Kier alpha value is -2.88. The van der Waals surface area contributed by atoms with Gasteiger partial charge in [0, 0.05) is 11.6 Å². The van der Waals surface area contributed by atoms with Gasteiger partial charge in [-0.1, -0.05) is 19.1 Å². The predicted octanol–water partition coefficient (Wildman–Crippen LogP) is 4.69. The molecule has 4 rings (SSSR count). The first-order valence-corrected chi connectivity index (χ1v) is 8.33. The maximum atomic E-state index is 6.34. The monoisotopic (exact) mass is 336 g/mol. The Labute approximate surface area is 147 Å². The van der Waals surface area contributed by atoms with Gasteiger partial charge in [-0.15, -0.1) is 0 Å². The van der Waals surface area contributed by atoms with Crippen LogP contribution in [0, 0.1) is 0 Å². The zero-order valence-corrected chi connectivity index (χ0v) is 14.5. The summed E-state index contributed by atoms with van der Waals surface area (Å²) in [4.78, 5) is 0. The molecule has 2 aliphatic heterocycles. The molecule has 0 fully saturated rings. The van der Waals surface area contributed by atoms with Gasteiger partial charge in [0.05, 0.1) is 25.3 Å². The van der Waals surface area contributed by atoms with E-state index in [4.69, 9.17) is 18.9 Å². The molecule has 2 aromatic carbocycles. The van der Waals surface area contributed by atoms with Gasteiger partial charge in [-0.25, -0.2) is 0 Å². The zero-order chi connectivity index (χ0) is 17.4. The molecule has 25 heavy (non-hydrogen) atoms. The van der Waals surface area contributed by atoms with Gasteiger partial charge in [0.25, 0.3) is 5.79 Å². The normalized spacial score (nSPS) is 20.0. The van der Waals surface area contributed by atoms with Crippen molar-refractivity contribution >= 4 is 12.2 Å². The van der Waals surface area contributed by atoms with Crippen molar-refractivity contribution < 1.29 is 18.9 Å². The third kappa shape index (κ3) is 2.37. The van der Waals surface area contributed by atoms with Gasteiger partial charge < -0.3 is 18.9 Å². The first kappa shape index (κ1) is 15.6. The van der Waals surface area contributed by atoms with Crippen molar-refractivity contribution in [2.24, 2.45) is 0 Å². The summed E-state index contributed by atoms with van der Waals surface area (Å²) in [5.41, 5.74) is 2.90. The lowest BCUT2D eigenvalue weighted by Crippen LogP contribution is -2.45. The molecule has 0 N–H and O–H groups in total. The maximum absolute atomic E-state index is 6.34. The Morgan fingerprint density at radius 1 is 0.880 bits per heavy atom. The second-order valence-corrected chi connectivity index (χ2v) is 5.97. The highest BCUT2D eigenvalue weighted by molar-refractivity contribution is 5.74. The van der Waals surface area contributed by atoms with Gasteiger partial charge >= 0.3 is 0 Å². The van der Waals surface area contributed by atoms with E-state index in [2.05, 4.69) is 13.0 Å². The summed E-state index contributed by atoms with van der Waals surface area (Å²) in [6.07, 6.45) is 6.86. The Morgan fingerprint density at radius 3 is 2.08 bits per heavy atom. The fourth-order valence-electron chi connectivity index (χ4n) is 3.36. The topological polar surface area (TPSA) is 36.9 Å². The number of hydrogen-bond donors (Lipinski definition) is 0. The number of fused-ring (bicyclic) bond motifs is 2. The van der Waals surface area contributed by atoms with Crippen LogP contribution in [-0.2, 0) is 0 Å². The second-order valence-electron chi connectivity index (χ2n) is 5.97. The lowest BCUT2D eigenvalue weighted by atomic mass is 9.93. The highest BCUT2D eigenvalue weighted by Crippen LogP contribution is 2.46. The van der Waals surface area contributed by atoms with Crippen LogP contribution >= 0.6 is 0 Å². The van der Waals surface area contributed by atoms with E-state index >= 15 is 0 Å². The molecule has 2 aromatic rings. The fourth-order valence-corrected chi connectivity index (χ4v) is 3.36. The van der Waals surface area contributed by atoms with E-state index < -0.39 is 5.79 Å². The van der Waals surface area contributed by atoms with Gasteiger partial charge in [-0.3, -0.25) is 0 Å². The van der Waals surface area contributed by atoms with Crippen LogP contribution in [0.1, 0.15) is 24.5 Å². The summed E-state index contributed by atoms with van der Waals surface area (Å²) >= 11 is 0. The van der Waals surface area contributed by atoms with E-state index in [1.807, 2.05) is 48.6 Å². The summed E-state index contributed by atoms with van der Waals surface area (Å²) in [5, 5.41) is 0. The summed E-state index contributed by atoms with van der Waals surface area (Å²) in [6.45, 7) is 2.09. The quantitative estimate of drug-likeness (QED) is 0.815. The molecule has 0 aromatic heterocycles. The molecule has 0 saturated carbocycles. The molecule has 128 valence electrons. The third-order valence-corrected chi connectivity index (χ3v) is 4.63. The van der Waals surface area contributed by atoms with E-state index in [1.54, 1.807) is 14.2 Å². The van der Waals surface area contributed by atoms with E-state index in [-0.39, 0.29) is 0 Å². The molecule has 1 unspecified atom stereocenters. The van der Waals surface area contributed by atoms with Gasteiger partial charge in [-0.2, -0.15) is 0 Å².